The molecule has 1 aromatic carbocycles. The predicted octanol–water partition coefficient (Wildman–Crippen LogP) is 1.64. The summed E-state index contributed by atoms with van der Waals surface area (Å²) in [4.78, 5) is 2.36. The summed E-state index contributed by atoms with van der Waals surface area (Å²) in [5.41, 5.74) is 1.32. The molecule has 96 valence electrons. The number of aliphatic hydroxyl groups is 1. The van der Waals surface area contributed by atoms with Crippen molar-refractivity contribution in [3.63, 3.8) is 0 Å². The van der Waals surface area contributed by atoms with Crippen LogP contribution >= 0.6 is 9.39 Å². The fourth-order valence-corrected chi connectivity index (χ4v) is 1.83. The Morgan fingerprint density at radius 2 is 2.00 bits per heavy atom. The van der Waals surface area contributed by atoms with E-state index >= 15 is 0 Å². The van der Waals surface area contributed by atoms with E-state index in [0.717, 1.165) is 32.6 Å². The molecule has 3 nitrogen and oxygen atoms in total. The molecule has 0 amide bonds. The third-order valence-corrected chi connectivity index (χ3v) is 2.97. The monoisotopic (exact) mass is 254 g/mol. The topological polar surface area (TPSA) is 35.5 Å². The predicted molar refractivity (Wildman–Crippen MR) is 75.7 cm³/mol. The Morgan fingerprint density at radius 1 is 1.29 bits per heavy atom. The second-order valence-corrected chi connectivity index (χ2v) is 4.76. The van der Waals surface area contributed by atoms with Crippen LogP contribution in [0.1, 0.15) is 18.9 Å². The van der Waals surface area contributed by atoms with Gasteiger partial charge in [0.1, 0.15) is 0 Å². The summed E-state index contributed by atoms with van der Waals surface area (Å²) in [6.45, 7) is 5.65. The van der Waals surface area contributed by atoms with Crippen molar-refractivity contribution in [1.82, 2.24) is 9.99 Å². The van der Waals surface area contributed by atoms with Crippen molar-refractivity contribution in [1.29, 1.82) is 0 Å². The molecule has 17 heavy (non-hydrogen) atoms. The minimum absolute atomic E-state index is 0.225. The van der Waals surface area contributed by atoms with Crippen molar-refractivity contribution in [3.05, 3.63) is 35.9 Å². The Hall–Kier alpha value is -0.470. The first-order chi connectivity index (χ1) is 8.22. The lowest BCUT2D eigenvalue weighted by molar-refractivity contribution is 0.154. The van der Waals surface area contributed by atoms with E-state index in [1.54, 1.807) is 0 Å². The van der Waals surface area contributed by atoms with Crippen molar-refractivity contribution in [2.75, 3.05) is 19.6 Å². The molecule has 0 aliphatic carbocycles. The summed E-state index contributed by atoms with van der Waals surface area (Å²) in [5, 5.41) is 12.4. The van der Waals surface area contributed by atoms with Crippen LogP contribution < -0.4 is 5.09 Å². The van der Waals surface area contributed by atoms with Crippen molar-refractivity contribution >= 4 is 9.39 Å². The molecule has 0 heterocycles. The van der Waals surface area contributed by atoms with Crippen LogP contribution in [0.5, 0.6) is 0 Å². The first-order valence-electron chi connectivity index (χ1n) is 6.10. The van der Waals surface area contributed by atoms with Gasteiger partial charge in [0.15, 0.2) is 0 Å². The molecule has 4 heteroatoms. The van der Waals surface area contributed by atoms with Crippen LogP contribution in [0.15, 0.2) is 30.3 Å². The highest BCUT2D eigenvalue weighted by Gasteiger charge is 2.06. The van der Waals surface area contributed by atoms with Gasteiger partial charge in [-0.15, -0.1) is 0 Å². The Labute approximate surface area is 106 Å². The van der Waals surface area contributed by atoms with Crippen LogP contribution in [0.4, 0.5) is 0 Å². The average molecular weight is 254 g/mol. The van der Waals surface area contributed by atoms with Gasteiger partial charge in [0.25, 0.3) is 0 Å². The number of benzene rings is 1. The SMILES string of the molecule is CC(O)CCN(CCNP)Cc1ccccc1. The lowest BCUT2D eigenvalue weighted by Gasteiger charge is -2.22. The van der Waals surface area contributed by atoms with Crippen molar-refractivity contribution in [2.45, 2.75) is 26.0 Å². The minimum Gasteiger partial charge on any atom is -0.393 e. The van der Waals surface area contributed by atoms with Crippen LogP contribution in [-0.2, 0) is 6.54 Å². The summed E-state index contributed by atoms with van der Waals surface area (Å²) < 4.78 is 0. The zero-order valence-corrected chi connectivity index (χ0v) is 11.6. The van der Waals surface area contributed by atoms with Crippen LogP contribution in [-0.4, -0.2) is 35.7 Å². The van der Waals surface area contributed by atoms with Gasteiger partial charge in [-0.3, -0.25) is 9.99 Å². The average Bonchev–Trinajstić information content (AvgIpc) is 2.34. The summed E-state index contributed by atoms with van der Waals surface area (Å²) in [7, 11) is 2.52. The van der Waals surface area contributed by atoms with E-state index in [1.807, 2.05) is 13.0 Å². The third kappa shape index (κ3) is 6.75. The molecule has 0 radical (unpaired) electrons. The van der Waals surface area contributed by atoms with Crippen LogP contribution in [0.3, 0.4) is 0 Å². The Bertz CT molecular complexity index is 293. The van der Waals surface area contributed by atoms with E-state index in [-0.39, 0.29) is 6.10 Å². The molecule has 1 rings (SSSR count). The van der Waals surface area contributed by atoms with Crippen molar-refractivity contribution in [2.24, 2.45) is 0 Å². The van der Waals surface area contributed by atoms with E-state index in [0.29, 0.717) is 0 Å². The highest BCUT2D eigenvalue weighted by molar-refractivity contribution is 7.13. The van der Waals surface area contributed by atoms with Gasteiger partial charge < -0.3 is 5.11 Å². The lowest BCUT2D eigenvalue weighted by Crippen LogP contribution is -2.31. The number of rotatable bonds is 8. The van der Waals surface area contributed by atoms with Gasteiger partial charge in [-0.2, -0.15) is 0 Å². The zero-order valence-electron chi connectivity index (χ0n) is 10.5. The number of nitrogens with zero attached hydrogens (tertiary/aromatic N) is 1. The van der Waals surface area contributed by atoms with E-state index in [1.165, 1.54) is 5.56 Å². The maximum absolute atomic E-state index is 9.35. The van der Waals surface area contributed by atoms with Crippen molar-refractivity contribution < 1.29 is 5.11 Å². The number of hydrogen-bond acceptors (Lipinski definition) is 3. The molecule has 2 atom stereocenters. The van der Waals surface area contributed by atoms with E-state index in [2.05, 4.69) is 43.6 Å². The molecule has 1 aromatic rings. The first-order valence-corrected chi connectivity index (χ1v) is 6.68. The second-order valence-electron chi connectivity index (χ2n) is 4.35. The molecule has 0 bridgehead atoms. The lowest BCUT2D eigenvalue weighted by atomic mass is 10.2. The molecule has 2 unspecified atom stereocenters. The highest BCUT2D eigenvalue weighted by atomic mass is 31.0. The highest BCUT2D eigenvalue weighted by Crippen LogP contribution is 2.05. The molecule has 0 aromatic heterocycles. The number of nitrogens with one attached hydrogen (secondary N) is 1. The summed E-state index contributed by atoms with van der Waals surface area (Å²) >= 11 is 0. The van der Waals surface area contributed by atoms with Crippen LogP contribution in [0, 0.1) is 0 Å². The number of aliphatic hydroxyl groups excluding tert-OH is 1. The van der Waals surface area contributed by atoms with Gasteiger partial charge in [0, 0.05) is 26.2 Å². The van der Waals surface area contributed by atoms with E-state index in [9.17, 15) is 5.11 Å². The summed E-state index contributed by atoms with van der Waals surface area (Å²) in [5.74, 6) is 0. The molecule has 0 aliphatic rings. The number of hydrogen-bond donors (Lipinski definition) is 2. The minimum atomic E-state index is -0.225. The largest absolute Gasteiger partial charge is 0.393 e. The fraction of sp³-hybridized carbons (Fsp3) is 0.538. The second kappa shape index (κ2) is 8.60. The van der Waals surface area contributed by atoms with Gasteiger partial charge in [0.05, 0.1) is 6.10 Å². The van der Waals surface area contributed by atoms with E-state index < -0.39 is 0 Å². The van der Waals surface area contributed by atoms with E-state index in [4.69, 9.17) is 0 Å². The third-order valence-electron chi connectivity index (χ3n) is 2.68. The van der Waals surface area contributed by atoms with Gasteiger partial charge in [0.2, 0.25) is 0 Å². The van der Waals surface area contributed by atoms with Gasteiger partial charge >= 0.3 is 0 Å². The van der Waals surface area contributed by atoms with Gasteiger partial charge in [-0.1, -0.05) is 39.7 Å². The Morgan fingerprint density at radius 3 is 2.59 bits per heavy atom. The summed E-state index contributed by atoms with van der Waals surface area (Å²) in [6, 6.07) is 10.5. The van der Waals surface area contributed by atoms with Crippen LogP contribution in [0.2, 0.25) is 0 Å². The Balaban J connectivity index is 2.44. The molecule has 0 saturated heterocycles. The molecular formula is C13H23N2OP. The molecule has 0 saturated carbocycles. The maximum atomic E-state index is 9.35. The zero-order chi connectivity index (χ0) is 12.5. The Kier molecular flexibility index (Phi) is 7.38. The molecule has 0 spiro atoms. The molecular weight excluding hydrogens is 231 g/mol. The smallest absolute Gasteiger partial charge is 0.0524 e. The van der Waals surface area contributed by atoms with Gasteiger partial charge in [-0.05, 0) is 18.9 Å². The molecule has 0 fully saturated rings. The van der Waals surface area contributed by atoms with Crippen LogP contribution in [0.25, 0.3) is 0 Å². The molecule has 2 N–H and O–H groups in total. The maximum Gasteiger partial charge on any atom is 0.0524 e. The molecule has 0 aliphatic heterocycles. The standard InChI is InChI=1S/C13H23N2OP/c1-12(16)7-9-15(10-8-14-17)11-13-5-3-2-4-6-13/h2-6,12,14,16H,7-11,17H2,1H3. The quantitative estimate of drug-likeness (QED) is 0.692. The van der Waals surface area contributed by atoms with Gasteiger partial charge in [-0.25, -0.2) is 0 Å². The fourth-order valence-electron chi connectivity index (χ4n) is 1.70. The normalized spacial score (nSPS) is 12.9. The van der Waals surface area contributed by atoms with Crippen molar-refractivity contribution in [3.8, 4) is 0 Å². The summed E-state index contributed by atoms with van der Waals surface area (Å²) in [6.07, 6.45) is 0.598. The first kappa shape index (κ1) is 14.6.